The van der Waals surface area contributed by atoms with E-state index in [-0.39, 0.29) is 3.74 Å². The van der Waals surface area contributed by atoms with Gasteiger partial charge in [0.1, 0.15) is 0 Å². The molecule has 0 N–H and O–H groups in total. The first-order chi connectivity index (χ1) is 6.68. The lowest BCUT2D eigenvalue weighted by Crippen LogP contribution is -1.86. The smallest absolute Gasteiger partial charge is 0.157 e. The van der Waals surface area contributed by atoms with Gasteiger partial charge < -0.3 is 0 Å². The second kappa shape index (κ2) is 4.13. The van der Waals surface area contributed by atoms with Crippen molar-refractivity contribution >= 4 is 54.2 Å². The third-order valence-electron chi connectivity index (χ3n) is 1.89. The molecule has 2 rings (SSSR count). The summed E-state index contributed by atoms with van der Waals surface area (Å²) in [6.45, 7) is 0. The lowest BCUT2D eigenvalue weighted by molar-refractivity contribution is 1.05. The van der Waals surface area contributed by atoms with Crippen LogP contribution in [0.5, 0.6) is 0 Å². The van der Waals surface area contributed by atoms with Crippen molar-refractivity contribution in [2.24, 2.45) is 0 Å². The molecule has 2 nitrogen and oxygen atoms in total. The molecule has 72 valence electrons. The number of benzene rings is 1. The van der Waals surface area contributed by atoms with Crippen LogP contribution in [0, 0.1) is 0 Å². The molecule has 0 amide bonds. The van der Waals surface area contributed by atoms with Crippen LogP contribution in [0.3, 0.4) is 0 Å². The fourth-order valence-corrected chi connectivity index (χ4v) is 1.97. The fraction of sp³-hybridized carbons (Fsp3) is 0.111. The highest BCUT2D eigenvalue weighted by Crippen LogP contribution is 2.32. The van der Waals surface area contributed by atoms with Gasteiger partial charge in [-0.05, 0) is 11.6 Å². The quantitative estimate of drug-likeness (QED) is 0.734. The zero-order chi connectivity index (χ0) is 10.1. The highest BCUT2D eigenvalue weighted by molar-refractivity contribution is 9.24. The minimum Gasteiger partial charge on any atom is -0.157 e. The molecule has 0 saturated carbocycles. The minimum atomic E-state index is 0.128. The van der Waals surface area contributed by atoms with Crippen LogP contribution in [0.2, 0.25) is 5.15 Å². The highest BCUT2D eigenvalue weighted by Gasteiger charge is 2.06. The zero-order valence-corrected chi connectivity index (χ0v) is 10.8. The van der Waals surface area contributed by atoms with Crippen molar-refractivity contribution in [3.05, 3.63) is 35.1 Å². The van der Waals surface area contributed by atoms with Crippen LogP contribution in [0.15, 0.2) is 24.4 Å². The van der Waals surface area contributed by atoms with Crippen LogP contribution in [-0.4, -0.2) is 10.2 Å². The predicted molar refractivity (Wildman–Crippen MR) is 65.1 cm³/mol. The standard InChI is InChI=1S/C9H5Br2ClN2/c10-8(11)5-1-2-6-4-13-14-9(12)7(6)3-5/h1-4,8H. The summed E-state index contributed by atoms with van der Waals surface area (Å²) in [7, 11) is 0. The van der Waals surface area contributed by atoms with E-state index in [9.17, 15) is 0 Å². The average molecular weight is 336 g/mol. The number of hydrogen-bond acceptors (Lipinski definition) is 2. The van der Waals surface area contributed by atoms with Crippen molar-refractivity contribution in [2.45, 2.75) is 3.74 Å². The van der Waals surface area contributed by atoms with Gasteiger partial charge in [-0.2, -0.15) is 5.10 Å². The maximum Gasteiger partial charge on any atom is 0.159 e. The van der Waals surface area contributed by atoms with Gasteiger partial charge in [0.05, 0.1) is 9.93 Å². The maximum absolute atomic E-state index is 5.93. The Morgan fingerprint density at radius 3 is 2.79 bits per heavy atom. The van der Waals surface area contributed by atoms with E-state index in [1.165, 1.54) is 0 Å². The molecule has 0 aliphatic heterocycles. The fourth-order valence-electron chi connectivity index (χ4n) is 1.20. The monoisotopic (exact) mass is 334 g/mol. The molecule has 0 spiro atoms. The van der Waals surface area contributed by atoms with Crippen molar-refractivity contribution in [3.8, 4) is 0 Å². The largest absolute Gasteiger partial charge is 0.159 e. The minimum absolute atomic E-state index is 0.128. The normalized spacial score (nSPS) is 11.1. The second-order valence-electron chi connectivity index (χ2n) is 2.78. The summed E-state index contributed by atoms with van der Waals surface area (Å²) in [5.74, 6) is 0. The Bertz CT molecular complexity index is 473. The predicted octanol–water partition coefficient (Wildman–Crippen LogP) is 4.07. The Kier molecular flexibility index (Phi) is 3.04. The summed E-state index contributed by atoms with van der Waals surface area (Å²) in [5.41, 5.74) is 1.10. The van der Waals surface area contributed by atoms with Crippen LogP contribution in [0.4, 0.5) is 0 Å². The summed E-state index contributed by atoms with van der Waals surface area (Å²) in [6.07, 6.45) is 1.70. The summed E-state index contributed by atoms with van der Waals surface area (Å²) < 4.78 is 0.128. The summed E-state index contributed by atoms with van der Waals surface area (Å²) >= 11 is 12.8. The molecule has 0 fully saturated rings. The van der Waals surface area contributed by atoms with E-state index < -0.39 is 0 Å². The lowest BCUT2D eigenvalue weighted by Gasteiger charge is -2.04. The molecule has 1 aromatic carbocycles. The molecule has 1 heterocycles. The number of halogens is 3. The molecule has 5 heteroatoms. The van der Waals surface area contributed by atoms with Crippen molar-refractivity contribution in [1.82, 2.24) is 10.2 Å². The molecule has 0 atom stereocenters. The van der Waals surface area contributed by atoms with Crippen molar-refractivity contribution < 1.29 is 0 Å². The molecular formula is C9H5Br2ClN2. The van der Waals surface area contributed by atoms with Gasteiger partial charge >= 0.3 is 0 Å². The first kappa shape index (κ1) is 10.3. The van der Waals surface area contributed by atoms with Gasteiger partial charge in [0.15, 0.2) is 5.15 Å². The van der Waals surface area contributed by atoms with Crippen molar-refractivity contribution in [3.63, 3.8) is 0 Å². The van der Waals surface area contributed by atoms with E-state index in [0.29, 0.717) is 5.15 Å². The van der Waals surface area contributed by atoms with Gasteiger partial charge in [0.2, 0.25) is 0 Å². The number of fused-ring (bicyclic) bond motifs is 1. The van der Waals surface area contributed by atoms with Gasteiger partial charge in [-0.3, -0.25) is 0 Å². The molecule has 0 unspecified atom stereocenters. The molecule has 0 bridgehead atoms. The van der Waals surface area contributed by atoms with Crippen molar-refractivity contribution in [2.75, 3.05) is 0 Å². The van der Waals surface area contributed by atoms with Crippen LogP contribution >= 0.6 is 43.5 Å². The molecule has 0 aliphatic carbocycles. The topological polar surface area (TPSA) is 25.8 Å². The summed E-state index contributed by atoms with van der Waals surface area (Å²) in [6, 6.07) is 5.97. The number of aromatic nitrogens is 2. The average Bonchev–Trinajstić information content (AvgIpc) is 2.18. The molecule has 0 radical (unpaired) electrons. The van der Waals surface area contributed by atoms with Gasteiger partial charge in [0.25, 0.3) is 0 Å². The van der Waals surface area contributed by atoms with Crippen LogP contribution in [-0.2, 0) is 0 Å². The maximum atomic E-state index is 5.93. The number of hydrogen-bond donors (Lipinski definition) is 0. The number of rotatable bonds is 1. The number of nitrogens with zero attached hydrogens (tertiary/aromatic N) is 2. The Morgan fingerprint density at radius 1 is 1.29 bits per heavy atom. The first-order valence-electron chi connectivity index (χ1n) is 3.87. The Hall–Kier alpha value is -0.190. The van der Waals surface area contributed by atoms with E-state index in [1.54, 1.807) is 6.20 Å². The molecular weight excluding hydrogens is 331 g/mol. The third kappa shape index (κ3) is 1.92. The molecule has 2 aromatic rings. The molecule has 0 saturated heterocycles. The van der Waals surface area contributed by atoms with Gasteiger partial charge in [-0.1, -0.05) is 55.6 Å². The first-order valence-corrected chi connectivity index (χ1v) is 6.08. The van der Waals surface area contributed by atoms with Gasteiger partial charge in [-0.15, -0.1) is 5.10 Å². The summed E-state index contributed by atoms with van der Waals surface area (Å²) in [5, 5.41) is 9.92. The van der Waals surface area contributed by atoms with Gasteiger partial charge in [-0.25, -0.2) is 0 Å². The Morgan fingerprint density at radius 2 is 2.07 bits per heavy atom. The van der Waals surface area contributed by atoms with E-state index in [4.69, 9.17) is 11.6 Å². The third-order valence-corrected chi connectivity index (χ3v) is 3.23. The van der Waals surface area contributed by atoms with E-state index in [2.05, 4.69) is 42.1 Å². The van der Waals surface area contributed by atoms with E-state index in [0.717, 1.165) is 16.3 Å². The van der Waals surface area contributed by atoms with Crippen LogP contribution in [0.25, 0.3) is 10.8 Å². The number of alkyl halides is 2. The molecule has 1 aromatic heterocycles. The molecule has 0 aliphatic rings. The Labute approximate surface area is 103 Å². The lowest BCUT2D eigenvalue weighted by atomic mass is 10.1. The SMILES string of the molecule is Clc1nncc2ccc(C(Br)Br)cc12. The second-order valence-corrected chi connectivity index (χ2v) is 6.20. The van der Waals surface area contributed by atoms with E-state index in [1.807, 2.05) is 18.2 Å². The van der Waals surface area contributed by atoms with Crippen LogP contribution < -0.4 is 0 Å². The van der Waals surface area contributed by atoms with Crippen molar-refractivity contribution in [1.29, 1.82) is 0 Å². The highest BCUT2D eigenvalue weighted by atomic mass is 79.9. The summed E-state index contributed by atoms with van der Waals surface area (Å²) in [4.78, 5) is 0. The van der Waals surface area contributed by atoms with E-state index >= 15 is 0 Å². The zero-order valence-electron chi connectivity index (χ0n) is 6.92. The van der Waals surface area contributed by atoms with Gasteiger partial charge in [0, 0.05) is 10.8 Å². The van der Waals surface area contributed by atoms with Crippen LogP contribution in [0.1, 0.15) is 9.30 Å². The molecule has 14 heavy (non-hydrogen) atoms. The Balaban J connectivity index is 2.70.